The van der Waals surface area contributed by atoms with E-state index in [0.717, 1.165) is 11.8 Å². The van der Waals surface area contributed by atoms with Gasteiger partial charge in [-0.2, -0.15) is 0 Å². The summed E-state index contributed by atoms with van der Waals surface area (Å²) in [5.74, 6) is -0.647. The molecule has 1 heterocycles. The Bertz CT molecular complexity index is 480. The second-order valence-electron chi connectivity index (χ2n) is 3.71. The van der Waals surface area contributed by atoms with Gasteiger partial charge >= 0.3 is 11.7 Å². The van der Waals surface area contributed by atoms with Gasteiger partial charge in [0.15, 0.2) is 5.03 Å². The highest BCUT2D eigenvalue weighted by atomic mass is 32.2. The van der Waals surface area contributed by atoms with Crippen LogP contribution < -0.4 is 0 Å². The van der Waals surface area contributed by atoms with E-state index >= 15 is 0 Å². The Kier molecular flexibility index (Phi) is 5.71. The number of rotatable bonds is 6. The van der Waals surface area contributed by atoms with E-state index in [1.54, 1.807) is 0 Å². The number of hydrogen-bond acceptors (Lipinski definition) is 7. The first-order chi connectivity index (χ1) is 8.99. The number of pyridine rings is 1. The first-order valence-corrected chi connectivity index (χ1v) is 6.38. The third kappa shape index (κ3) is 4.18. The molecule has 1 atom stereocenters. The van der Waals surface area contributed by atoms with Crippen LogP contribution in [0, 0.1) is 10.1 Å². The summed E-state index contributed by atoms with van der Waals surface area (Å²) in [6.45, 7) is 1.80. The number of aliphatic hydroxyl groups excluding tert-OH is 1. The number of ether oxygens (including phenoxy) is 1. The van der Waals surface area contributed by atoms with Gasteiger partial charge in [-0.15, -0.1) is 0 Å². The van der Waals surface area contributed by atoms with Crippen LogP contribution >= 0.6 is 11.8 Å². The van der Waals surface area contributed by atoms with Gasteiger partial charge in [0, 0.05) is 17.9 Å². The van der Waals surface area contributed by atoms with Gasteiger partial charge in [-0.3, -0.25) is 10.1 Å². The van der Waals surface area contributed by atoms with E-state index in [-0.39, 0.29) is 28.3 Å². The Morgan fingerprint density at radius 2 is 2.32 bits per heavy atom. The molecular weight excluding hydrogens is 272 g/mol. The molecule has 0 aliphatic heterocycles. The number of nitro groups is 1. The molecule has 0 aliphatic rings. The molecule has 0 spiro atoms. The summed E-state index contributed by atoms with van der Waals surface area (Å²) < 4.78 is 4.52. The van der Waals surface area contributed by atoms with Gasteiger partial charge in [0.05, 0.1) is 12.0 Å². The highest BCUT2D eigenvalue weighted by Gasteiger charge is 2.21. The largest absolute Gasteiger partial charge is 0.464 e. The summed E-state index contributed by atoms with van der Waals surface area (Å²) in [6.07, 6.45) is 0.478. The minimum absolute atomic E-state index is 0.0152. The SMILES string of the molecule is COC(=O)c1ccc([N+](=O)[O-])c(SC(C)CCO)n1. The molecule has 8 heteroatoms. The maximum Gasteiger partial charge on any atom is 0.356 e. The third-order valence-electron chi connectivity index (χ3n) is 2.28. The van der Waals surface area contributed by atoms with Crippen molar-refractivity contribution in [1.82, 2.24) is 4.98 Å². The minimum Gasteiger partial charge on any atom is -0.464 e. The molecule has 1 N–H and O–H groups in total. The quantitative estimate of drug-likeness (QED) is 0.367. The maximum atomic E-state index is 11.4. The van der Waals surface area contributed by atoms with Crippen molar-refractivity contribution in [1.29, 1.82) is 0 Å². The highest BCUT2D eigenvalue weighted by molar-refractivity contribution is 8.00. The van der Waals surface area contributed by atoms with E-state index in [2.05, 4.69) is 9.72 Å². The zero-order valence-electron chi connectivity index (χ0n) is 10.5. The zero-order chi connectivity index (χ0) is 14.4. The van der Waals surface area contributed by atoms with Crippen molar-refractivity contribution in [3.8, 4) is 0 Å². The monoisotopic (exact) mass is 286 g/mol. The Labute approximate surface area is 114 Å². The van der Waals surface area contributed by atoms with Crippen molar-refractivity contribution < 1.29 is 19.6 Å². The molecule has 0 radical (unpaired) electrons. The summed E-state index contributed by atoms with van der Waals surface area (Å²) in [5, 5.41) is 19.8. The van der Waals surface area contributed by atoms with Crippen molar-refractivity contribution in [2.45, 2.75) is 23.6 Å². The van der Waals surface area contributed by atoms with Crippen LogP contribution in [-0.4, -0.2) is 39.9 Å². The van der Waals surface area contributed by atoms with Crippen molar-refractivity contribution >= 4 is 23.4 Å². The number of thioether (sulfide) groups is 1. The van der Waals surface area contributed by atoms with E-state index in [9.17, 15) is 14.9 Å². The first-order valence-electron chi connectivity index (χ1n) is 5.50. The Hall–Kier alpha value is -1.67. The fourth-order valence-electron chi connectivity index (χ4n) is 1.31. The number of hydrogen-bond donors (Lipinski definition) is 1. The molecule has 1 unspecified atom stereocenters. The molecule has 0 fully saturated rings. The number of carbonyl (C=O) groups excluding carboxylic acids is 1. The van der Waals surface area contributed by atoms with Crippen molar-refractivity contribution in [3.63, 3.8) is 0 Å². The van der Waals surface area contributed by atoms with Crippen molar-refractivity contribution in [2.75, 3.05) is 13.7 Å². The molecule has 104 valence electrons. The second-order valence-corrected chi connectivity index (χ2v) is 5.14. The van der Waals surface area contributed by atoms with Crippen LogP contribution in [0.5, 0.6) is 0 Å². The van der Waals surface area contributed by atoms with Gasteiger partial charge in [0.25, 0.3) is 0 Å². The lowest BCUT2D eigenvalue weighted by atomic mass is 10.3. The van der Waals surface area contributed by atoms with Gasteiger partial charge < -0.3 is 9.84 Å². The Morgan fingerprint density at radius 3 is 2.84 bits per heavy atom. The summed E-state index contributed by atoms with van der Waals surface area (Å²) in [4.78, 5) is 25.7. The van der Waals surface area contributed by atoms with E-state index in [0.29, 0.717) is 6.42 Å². The Balaban J connectivity index is 3.08. The smallest absolute Gasteiger partial charge is 0.356 e. The summed E-state index contributed by atoms with van der Waals surface area (Å²) >= 11 is 1.14. The van der Waals surface area contributed by atoms with Crippen LogP contribution in [0.3, 0.4) is 0 Å². The number of aromatic nitrogens is 1. The van der Waals surface area contributed by atoms with E-state index < -0.39 is 10.9 Å². The summed E-state index contributed by atoms with van der Waals surface area (Å²) in [6, 6.07) is 2.48. The second kappa shape index (κ2) is 7.05. The number of carbonyl (C=O) groups is 1. The molecule has 1 aromatic heterocycles. The molecule has 0 saturated carbocycles. The summed E-state index contributed by atoms with van der Waals surface area (Å²) in [5.41, 5.74) is -0.144. The number of aliphatic hydroxyl groups is 1. The molecule has 7 nitrogen and oxygen atoms in total. The average molecular weight is 286 g/mol. The normalized spacial score (nSPS) is 11.9. The molecule has 0 aromatic carbocycles. The topological polar surface area (TPSA) is 103 Å². The van der Waals surface area contributed by atoms with E-state index in [4.69, 9.17) is 5.11 Å². The zero-order valence-corrected chi connectivity index (χ0v) is 11.3. The minimum atomic E-state index is -0.647. The van der Waals surface area contributed by atoms with Crippen LogP contribution in [0.15, 0.2) is 17.2 Å². The van der Waals surface area contributed by atoms with Crippen molar-refractivity contribution in [2.24, 2.45) is 0 Å². The third-order valence-corrected chi connectivity index (χ3v) is 3.44. The first kappa shape index (κ1) is 15.4. The van der Waals surface area contributed by atoms with Crippen LogP contribution in [0.25, 0.3) is 0 Å². The predicted octanol–water partition coefficient (Wildman–Crippen LogP) is 1.64. The van der Waals surface area contributed by atoms with E-state index in [1.165, 1.54) is 19.2 Å². The molecular formula is C11H14N2O5S. The van der Waals surface area contributed by atoms with Crippen LogP contribution in [-0.2, 0) is 4.74 Å². The van der Waals surface area contributed by atoms with Gasteiger partial charge in [0.2, 0.25) is 0 Å². The fourth-order valence-corrected chi connectivity index (χ4v) is 2.33. The average Bonchev–Trinajstić information content (AvgIpc) is 2.37. The molecule has 0 amide bonds. The fraction of sp³-hybridized carbons (Fsp3) is 0.455. The van der Waals surface area contributed by atoms with Gasteiger partial charge in [-0.25, -0.2) is 9.78 Å². The standard InChI is InChI=1S/C11H14N2O5S/c1-7(5-6-14)19-10-9(13(16)17)4-3-8(12-10)11(15)18-2/h3-4,7,14H,5-6H2,1-2H3. The lowest BCUT2D eigenvalue weighted by molar-refractivity contribution is -0.388. The summed E-state index contributed by atoms with van der Waals surface area (Å²) in [7, 11) is 1.21. The van der Waals surface area contributed by atoms with Crippen LogP contribution in [0.4, 0.5) is 5.69 Å². The van der Waals surface area contributed by atoms with E-state index in [1.807, 2.05) is 6.92 Å². The van der Waals surface area contributed by atoms with Crippen LogP contribution in [0.1, 0.15) is 23.8 Å². The van der Waals surface area contributed by atoms with Gasteiger partial charge in [-0.1, -0.05) is 18.7 Å². The number of methoxy groups -OCH3 is 1. The molecule has 0 saturated heterocycles. The lowest BCUT2D eigenvalue weighted by Crippen LogP contribution is -2.08. The molecule has 1 aromatic rings. The Morgan fingerprint density at radius 1 is 1.63 bits per heavy atom. The van der Waals surface area contributed by atoms with Gasteiger partial charge in [-0.05, 0) is 12.5 Å². The molecule has 1 rings (SSSR count). The van der Waals surface area contributed by atoms with Gasteiger partial charge in [0.1, 0.15) is 5.69 Å². The predicted molar refractivity (Wildman–Crippen MR) is 69.3 cm³/mol. The molecule has 0 aliphatic carbocycles. The van der Waals surface area contributed by atoms with Crippen molar-refractivity contribution in [3.05, 3.63) is 27.9 Å². The number of nitrogens with zero attached hydrogens (tertiary/aromatic N) is 2. The lowest BCUT2D eigenvalue weighted by Gasteiger charge is -2.09. The number of esters is 1. The molecule has 19 heavy (non-hydrogen) atoms. The highest BCUT2D eigenvalue weighted by Crippen LogP contribution is 2.31. The molecule has 0 bridgehead atoms. The maximum absolute atomic E-state index is 11.4. The van der Waals surface area contributed by atoms with Crippen LogP contribution in [0.2, 0.25) is 0 Å².